The van der Waals surface area contributed by atoms with Crippen LogP contribution < -0.4 is 15.4 Å². The maximum atomic E-state index is 12.0. The zero-order chi connectivity index (χ0) is 15.0. The number of ether oxygens (including phenoxy) is 1. The third-order valence-corrected chi connectivity index (χ3v) is 2.84. The molecule has 120 valence electrons. The molecule has 0 heterocycles. The minimum atomic E-state index is 0. The van der Waals surface area contributed by atoms with E-state index in [-0.39, 0.29) is 30.5 Å². The summed E-state index contributed by atoms with van der Waals surface area (Å²) in [5.74, 6) is 0.812. The van der Waals surface area contributed by atoms with E-state index in [0.717, 1.165) is 17.9 Å². The van der Waals surface area contributed by atoms with Crippen LogP contribution >= 0.6 is 12.4 Å². The topological polar surface area (TPSA) is 50.4 Å². The fraction of sp³-hybridized carbons (Fsp3) is 0.562. The minimum absolute atomic E-state index is 0. The van der Waals surface area contributed by atoms with Gasteiger partial charge in [-0.2, -0.15) is 0 Å². The number of benzene rings is 1. The van der Waals surface area contributed by atoms with Gasteiger partial charge in [-0.15, -0.1) is 12.4 Å². The van der Waals surface area contributed by atoms with Crippen LogP contribution in [0.25, 0.3) is 0 Å². The fourth-order valence-electron chi connectivity index (χ4n) is 1.94. The van der Waals surface area contributed by atoms with Gasteiger partial charge in [0.1, 0.15) is 5.75 Å². The molecule has 1 rings (SSSR count). The number of amides is 1. The van der Waals surface area contributed by atoms with Gasteiger partial charge in [0, 0.05) is 18.2 Å². The molecular formula is C16H27ClN2O2. The van der Waals surface area contributed by atoms with Crippen LogP contribution in [0.15, 0.2) is 24.3 Å². The Kier molecular flexibility index (Phi) is 9.84. The van der Waals surface area contributed by atoms with E-state index in [2.05, 4.69) is 24.5 Å². The zero-order valence-corrected chi connectivity index (χ0v) is 14.1. The molecule has 0 unspecified atom stereocenters. The second kappa shape index (κ2) is 10.5. The van der Waals surface area contributed by atoms with Gasteiger partial charge in [-0.1, -0.05) is 25.1 Å². The van der Waals surface area contributed by atoms with Crippen molar-refractivity contribution in [3.05, 3.63) is 29.8 Å². The third-order valence-electron chi connectivity index (χ3n) is 2.84. The first-order valence-corrected chi connectivity index (χ1v) is 7.27. The summed E-state index contributed by atoms with van der Waals surface area (Å²) in [4.78, 5) is 12.0. The Balaban J connectivity index is 0.00000400. The van der Waals surface area contributed by atoms with Crippen molar-refractivity contribution in [1.82, 2.24) is 10.6 Å². The number of nitrogens with one attached hydrogen (secondary N) is 2. The molecule has 0 aromatic heterocycles. The molecule has 0 spiro atoms. The molecule has 0 radical (unpaired) electrons. The first-order chi connectivity index (χ1) is 9.52. The van der Waals surface area contributed by atoms with Crippen molar-refractivity contribution in [2.45, 2.75) is 46.3 Å². The molecule has 21 heavy (non-hydrogen) atoms. The molecule has 2 N–H and O–H groups in total. The summed E-state index contributed by atoms with van der Waals surface area (Å²) in [6.45, 7) is 9.61. The van der Waals surface area contributed by atoms with Crippen molar-refractivity contribution in [3.63, 3.8) is 0 Å². The molecule has 1 atom stereocenters. The second-order valence-electron chi connectivity index (χ2n) is 5.21. The summed E-state index contributed by atoms with van der Waals surface area (Å²) < 4.78 is 5.72. The van der Waals surface area contributed by atoms with Gasteiger partial charge >= 0.3 is 0 Å². The predicted octanol–water partition coefficient (Wildman–Crippen LogP) is 2.55. The van der Waals surface area contributed by atoms with E-state index in [0.29, 0.717) is 13.0 Å². The van der Waals surface area contributed by atoms with Crippen molar-refractivity contribution in [2.75, 3.05) is 13.1 Å². The molecule has 0 aliphatic heterocycles. The highest BCUT2D eigenvalue weighted by Gasteiger charge is 2.10. The standard InChI is InChI=1S/C16H26N2O2.ClH/c1-5-17-13(4)11-18-16(19)10-14-8-6-7-9-15(14)20-12(2)3;/h6-9,12-13,17H,5,10-11H2,1-4H3,(H,18,19);1H/t13-;/m1./s1. The summed E-state index contributed by atoms with van der Waals surface area (Å²) in [5.41, 5.74) is 0.926. The van der Waals surface area contributed by atoms with Crippen LogP contribution in [0.4, 0.5) is 0 Å². The maximum absolute atomic E-state index is 12.0. The molecular weight excluding hydrogens is 288 g/mol. The van der Waals surface area contributed by atoms with Gasteiger partial charge in [0.15, 0.2) is 0 Å². The average molecular weight is 315 g/mol. The zero-order valence-electron chi connectivity index (χ0n) is 13.3. The highest BCUT2D eigenvalue weighted by Crippen LogP contribution is 2.19. The lowest BCUT2D eigenvalue weighted by molar-refractivity contribution is -0.120. The van der Waals surface area contributed by atoms with Crippen LogP contribution in [-0.4, -0.2) is 31.1 Å². The summed E-state index contributed by atoms with van der Waals surface area (Å²) in [6, 6.07) is 7.98. The number of likely N-dealkylation sites (N-methyl/N-ethyl adjacent to an activating group) is 1. The van der Waals surface area contributed by atoms with Crippen molar-refractivity contribution < 1.29 is 9.53 Å². The van der Waals surface area contributed by atoms with E-state index in [4.69, 9.17) is 4.74 Å². The first-order valence-electron chi connectivity index (χ1n) is 7.27. The van der Waals surface area contributed by atoms with Crippen molar-refractivity contribution >= 4 is 18.3 Å². The molecule has 1 aromatic rings. The number of carbonyl (C=O) groups is 1. The molecule has 0 fully saturated rings. The van der Waals surface area contributed by atoms with E-state index in [9.17, 15) is 4.79 Å². The Morgan fingerprint density at radius 2 is 1.90 bits per heavy atom. The Morgan fingerprint density at radius 3 is 2.52 bits per heavy atom. The van der Waals surface area contributed by atoms with Gasteiger partial charge in [0.25, 0.3) is 0 Å². The smallest absolute Gasteiger partial charge is 0.224 e. The molecule has 0 aliphatic rings. The number of rotatable bonds is 8. The number of hydrogen-bond donors (Lipinski definition) is 2. The predicted molar refractivity (Wildman–Crippen MR) is 89.3 cm³/mol. The van der Waals surface area contributed by atoms with Crippen molar-refractivity contribution in [2.24, 2.45) is 0 Å². The van der Waals surface area contributed by atoms with Crippen LogP contribution in [-0.2, 0) is 11.2 Å². The Bertz CT molecular complexity index is 424. The summed E-state index contributed by atoms with van der Waals surface area (Å²) in [6.07, 6.45) is 0.454. The van der Waals surface area contributed by atoms with E-state index in [1.807, 2.05) is 38.1 Å². The van der Waals surface area contributed by atoms with Crippen LogP contribution in [0.5, 0.6) is 5.75 Å². The highest BCUT2D eigenvalue weighted by molar-refractivity contribution is 5.85. The molecule has 4 nitrogen and oxygen atoms in total. The summed E-state index contributed by atoms with van der Waals surface area (Å²) in [7, 11) is 0. The molecule has 0 saturated carbocycles. The van der Waals surface area contributed by atoms with E-state index < -0.39 is 0 Å². The number of carbonyl (C=O) groups excluding carboxylic acids is 1. The summed E-state index contributed by atoms with van der Waals surface area (Å²) in [5, 5.41) is 6.20. The normalized spacial score (nSPS) is 11.7. The number of para-hydroxylation sites is 1. The summed E-state index contributed by atoms with van der Waals surface area (Å²) >= 11 is 0. The van der Waals surface area contributed by atoms with Crippen molar-refractivity contribution in [1.29, 1.82) is 0 Å². The van der Waals surface area contributed by atoms with Crippen LogP contribution in [0.3, 0.4) is 0 Å². The molecule has 0 bridgehead atoms. The van der Waals surface area contributed by atoms with Gasteiger partial charge in [-0.05, 0) is 33.4 Å². The fourth-order valence-corrected chi connectivity index (χ4v) is 1.94. The van der Waals surface area contributed by atoms with Crippen LogP contribution in [0.1, 0.15) is 33.3 Å². The van der Waals surface area contributed by atoms with Gasteiger partial charge in [0.2, 0.25) is 5.91 Å². The highest BCUT2D eigenvalue weighted by atomic mass is 35.5. The lowest BCUT2D eigenvalue weighted by Gasteiger charge is -2.15. The Morgan fingerprint density at radius 1 is 1.24 bits per heavy atom. The van der Waals surface area contributed by atoms with E-state index in [1.54, 1.807) is 0 Å². The van der Waals surface area contributed by atoms with Crippen LogP contribution in [0, 0.1) is 0 Å². The van der Waals surface area contributed by atoms with Crippen LogP contribution in [0.2, 0.25) is 0 Å². The largest absolute Gasteiger partial charge is 0.491 e. The number of halogens is 1. The molecule has 0 aliphatic carbocycles. The minimum Gasteiger partial charge on any atom is -0.491 e. The monoisotopic (exact) mass is 314 g/mol. The van der Waals surface area contributed by atoms with Crippen molar-refractivity contribution in [3.8, 4) is 5.75 Å². The lowest BCUT2D eigenvalue weighted by Crippen LogP contribution is -2.39. The van der Waals surface area contributed by atoms with Gasteiger partial charge in [-0.3, -0.25) is 4.79 Å². The first kappa shape index (κ1) is 19.7. The molecule has 1 amide bonds. The quantitative estimate of drug-likeness (QED) is 0.775. The lowest BCUT2D eigenvalue weighted by atomic mass is 10.1. The van der Waals surface area contributed by atoms with E-state index in [1.165, 1.54) is 0 Å². The Hall–Kier alpha value is -1.26. The van der Waals surface area contributed by atoms with Gasteiger partial charge < -0.3 is 15.4 Å². The molecule has 5 heteroatoms. The SMILES string of the molecule is CCN[C@H](C)CNC(=O)Cc1ccccc1OC(C)C.Cl. The second-order valence-corrected chi connectivity index (χ2v) is 5.21. The van der Waals surface area contributed by atoms with Gasteiger partial charge in [-0.25, -0.2) is 0 Å². The average Bonchev–Trinajstić information content (AvgIpc) is 2.38. The molecule has 0 saturated heterocycles. The Labute approximate surface area is 134 Å². The molecule has 1 aromatic carbocycles. The maximum Gasteiger partial charge on any atom is 0.224 e. The number of hydrogen-bond acceptors (Lipinski definition) is 3. The van der Waals surface area contributed by atoms with E-state index >= 15 is 0 Å². The van der Waals surface area contributed by atoms with Gasteiger partial charge in [0.05, 0.1) is 12.5 Å². The third kappa shape index (κ3) is 7.93.